The molecule has 0 saturated heterocycles. The largest absolute Gasteiger partial charge is 0.319 e. The van der Waals surface area contributed by atoms with Crippen LogP contribution in [0.4, 0.5) is 0 Å². The molecule has 1 rings (SSSR count). The van der Waals surface area contributed by atoms with Gasteiger partial charge in [-0.15, -0.1) is 0 Å². The summed E-state index contributed by atoms with van der Waals surface area (Å²) < 4.78 is 1.92. The van der Waals surface area contributed by atoms with Gasteiger partial charge in [-0.25, -0.2) is 4.98 Å². The molecule has 0 radical (unpaired) electrons. The molecule has 1 unspecified atom stereocenters. The molecule has 0 fully saturated rings. The Labute approximate surface area is 72.7 Å². The summed E-state index contributed by atoms with van der Waals surface area (Å²) in [5.41, 5.74) is 0. The summed E-state index contributed by atoms with van der Waals surface area (Å²) in [7, 11) is 0. The van der Waals surface area contributed by atoms with Gasteiger partial charge in [-0.05, 0) is 13.3 Å². The van der Waals surface area contributed by atoms with Crippen molar-refractivity contribution in [1.29, 1.82) is 5.26 Å². The minimum absolute atomic E-state index is 0.103. The third kappa shape index (κ3) is 1.65. The minimum atomic E-state index is -0.103. The maximum absolute atomic E-state index is 8.70. The van der Waals surface area contributed by atoms with Crippen LogP contribution in [-0.2, 0) is 6.42 Å². The van der Waals surface area contributed by atoms with E-state index in [-0.39, 0.29) is 6.04 Å². The van der Waals surface area contributed by atoms with E-state index >= 15 is 0 Å². The van der Waals surface area contributed by atoms with E-state index in [9.17, 15) is 0 Å². The Bertz CT molecular complexity index is 282. The molecule has 64 valence electrons. The summed E-state index contributed by atoms with van der Waals surface area (Å²) in [6, 6.07) is 2.09. The van der Waals surface area contributed by atoms with Crippen molar-refractivity contribution in [1.82, 2.24) is 9.55 Å². The van der Waals surface area contributed by atoms with Crippen molar-refractivity contribution in [2.45, 2.75) is 32.7 Å². The van der Waals surface area contributed by atoms with Crippen LogP contribution in [0, 0.1) is 11.3 Å². The second-order valence-electron chi connectivity index (χ2n) is 2.81. The fourth-order valence-corrected chi connectivity index (χ4v) is 1.18. The highest BCUT2D eigenvalue weighted by Crippen LogP contribution is 2.09. The summed E-state index contributed by atoms with van der Waals surface area (Å²) in [4.78, 5) is 4.19. The maximum atomic E-state index is 8.70. The first-order chi connectivity index (χ1) is 5.79. The van der Waals surface area contributed by atoms with Crippen molar-refractivity contribution < 1.29 is 0 Å². The number of nitriles is 1. The van der Waals surface area contributed by atoms with Crippen molar-refractivity contribution in [2.75, 3.05) is 0 Å². The smallest absolute Gasteiger partial charge is 0.119 e. The van der Waals surface area contributed by atoms with Crippen molar-refractivity contribution in [3.05, 3.63) is 18.2 Å². The fourth-order valence-electron chi connectivity index (χ4n) is 1.18. The van der Waals surface area contributed by atoms with E-state index in [1.165, 1.54) is 0 Å². The van der Waals surface area contributed by atoms with Gasteiger partial charge in [0.15, 0.2) is 0 Å². The van der Waals surface area contributed by atoms with Crippen LogP contribution < -0.4 is 0 Å². The first-order valence-electron chi connectivity index (χ1n) is 4.21. The minimum Gasteiger partial charge on any atom is -0.319 e. The Morgan fingerprint density at radius 2 is 2.50 bits per heavy atom. The molecule has 1 heterocycles. The molecule has 0 aliphatic carbocycles. The highest BCUT2D eigenvalue weighted by Gasteiger charge is 2.06. The molecule has 0 N–H and O–H groups in total. The molecule has 0 aliphatic heterocycles. The average molecular weight is 163 g/mol. The molecule has 1 aromatic heterocycles. The lowest BCUT2D eigenvalue weighted by atomic mass is 10.3. The molecule has 0 spiro atoms. The van der Waals surface area contributed by atoms with Crippen LogP contribution in [0.5, 0.6) is 0 Å². The molecule has 1 atom stereocenters. The third-order valence-electron chi connectivity index (χ3n) is 1.83. The summed E-state index contributed by atoms with van der Waals surface area (Å²) in [6.07, 6.45) is 5.62. The highest BCUT2D eigenvalue weighted by molar-refractivity contribution is 4.99. The summed E-state index contributed by atoms with van der Waals surface area (Å²) in [6.45, 7) is 3.98. The Kier molecular flexibility index (Phi) is 2.87. The van der Waals surface area contributed by atoms with E-state index in [4.69, 9.17) is 5.26 Å². The van der Waals surface area contributed by atoms with Crippen LogP contribution in [0.2, 0.25) is 0 Å². The average Bonchev–Trinajstić information content (AvgIpc) is 2.52. The first kappa shape index (κ1) is 8.79. The zero-order valence-corrected chi connectivity index (χ0v) is 7.49. The van der Waals surface area contributed by atoms with Gasteiger partial charge in [-0.2, -0.15) is 5.26 Å². The number of nitrogens with zero attached hydrogens (tertiary/aromatic N) is 3. The molecule has 0 aromatic carbocycles. The lowest BCUT2D eigenvalue weighted by Gasteiger charge is -2.07. The Balaban J connectivity index is 2.85. The van der Waals surface area contributed by atoms with E-state index < -0.39 is 0 Å². The number of hydrogen-bond donors (Lipinski definition) is 0. The highest BCUT2D eigenvalue weighted by atomic mass is 15.1. The normalized spacial score (nSPS) is 12.4. The number of aryl methyl sites for hydroxylation is 1. The standard InChI is InChI=1S/C9H13N3/c1-3-4-9-11-5-6-12(9)8(2)7-10/h5-6,8H,3-4H2,1-2H3. The predicted octanol–water partition coefficient (Wildman–Crippen LogP) is 1.92. The fraction of sp³-hybridized carbons (Fsp3) is 0.556. The van der Waals surface area contributed by atoms with Gasteiger partial charge in [-0.3, -0.25) is 0 Å². The molecule has 3 heteroatoms. The van der Waals surface area contributed by atoms with E-state index in [2.05, 4.69) is 18.0 Å². The molecule has 12 heavy (non-hydrogen) atoms. The lowest BCUT2D eigenvalue weighted by molar-refractivity contribution is 0.622. The molecule has 0 bridgehead atoms. The van der Waals surface area contributed by atoms with Crippen molar-refractivity contribution in [3.8, 4) is 6.07 Å². The number of imidazole rings is 1. The van der Waals surface area contributed by atoms with Gasteiger partial charge in [0.2, 0.25) is 0 Å². The second-order valence-corrected chi connectivity index (χ2v) is 2.81. The molecular formula is C9H13N3. The molecule has 0 aliphatic rings. The topological polar surface area (TPSA) is 41.6 Å². The first-order valence-corrected chi connectivity index (χ1v) is 4.21. The summed E-state index contributed by atoms with van der Waals surface area (Å²) in [5, 5.41) is 8.70. The van der Waals surface area contributed by atoms with Crippen molar-refractivity contribution >= 4 is 0 Å². The Hall–Kier alpha value is -1.30. The molecule has 1 aromatic rings. The lowest BCUT2D eigenvalue weighted by Crippen LogP contribution is -2.06. The van der Waals surface area contributed by atoms with Gasteiger partial charge >= 0.3 is 0 Å². The Morgan fingerprint density at radius 1 is 1.75 bits per heavy atom. The van der Waals surface area contributed by atoms with Gasteiger partial charge in [0.05, 0.1) is 6.07 Å². The van der Waals surface area contributed by atoms with E-state index in [1.54, 1.807) is 6.20 Å². The number of aromatic nitrogens is 2. The van der Waals surface area contributed by atoms with E-state index in [0.29, 0.717) is 0 Å². The van der Waals surface area contributed by atoms with Crippen LogP contribution >= 0.6 is 0 Å². The van der Waals surface area contributed by atoms with Gasteiger partial charge < -0.3 is 4.57 Å². The second kappa shape index (κ2) is 3.91. The SMILES string of the molecule is CCCc1nccn1C(C)C#N. The molecule has 3 nitrogen and oxygen atoms in total. The zero-order valence-electron chi connectivity index (χ0n) is 7.49. The maximum Gasteiger partial charge on any atom is 0.119 e. The number of hydrogen-bond acceptors (Lipinski definition) is 2. The van der Waals surface area contributed by atoms with Crippen molar-refractivity contribution in [2.24, 2.45) is 0 Å². The number of rotatable bonds is 3. The van der Waals surface area contributed by atoms with Crippen LogP contribution in [0.15, 0.2) is 12.4 Å². The van der Waals surface area contributed by atoms with Crippen LogP contribution in [0.1, 0.15) is 32.1 Å². The molecule has 0 amide bonds. The molecular weight excluding hydrogens is 150 g/mol. The van der Waals surface area contributed by atoms with Crippen molar-refractivity contribution in [3.63, 3.8) is 0 Å². The van der Waals surface area contributed by atoms with Gasteiger partial charge in [-0.1, -0.05) is 6.92 Å². The quantitative estimate of drug-likeness (QED) is 0.683. The third-order valence-corrected chi connectivity index (χ3v) is 1.83. The predicted molar refractivity (Wildman–Crippen MR) is 46.5 cm³/mol. The Morgan fingerprint density at radius 3 is 3.08 bits per heavy atom. The van der Waals surface area contributed by atoms with Crippen LogP contribution in [-0.4, -0.2) is 9.55 Å². The van der Waals surface area contributed by atoms with Gasteiger partial charge in [0, 0.05) is 18.8 Å². The van der Waals surface area contributed by atoms with Gasteiger partial charge in [0.1, 0.15) is 11.9 Å². The summed E-state index contributed by atoms with van der Waals surface area (Å²) in [5.74, 6) is 1.01. The monoisotopic (exact) mass is 163 g/mol. The van der Waals surface area contributed by atoms with E-state index in [0.717, 1.165) is 18.7 Å². The van der Waals surface area contributed by atoms with Crippen LogP contribution in [0.25, 0.3) is 0 Å². The molecule has 0 saturated carbocycles. The zero-order chi connectivity index (χ0) is 8.97. The van der Waals surface area contributed by atoms with Crippen LogP contribution in [0.3, 0.4) is 0 Å². The van der Waals surface area contributed by atoms with E-state index in [1.807, 2.05) is 17.7 Å². The summed E-state index contributed by atoms with van der Waals surface area (Å²) >= 11 is 0. The van der Waals surface area contributed by atoms with Gasteiger partial charge in [0.25, 0.3) is 0 Å².